The van der Waals surface area contributed by atoms with Gasteiger partial charge in [-0.1, -0.05) is 0 Å². The Labute approximate surface area is 51.8 Å². The summed E-state index contributed by atoms with van der Waals surface area (Å²) in [5.74, 6) is 0. The molecular formula is C4H12NO2P. The maximum Gasteiger partial charge on any atom is 0.195 e. The Kier molecular flexibility index (Phi) is 2.84. The van der Waals surface area contributed by atoms with E-state index >= 15 is 0 Å². The zero-order valence-electron chi connectivity index (χ0n) is 5.39. The first-order valence-corrected chi connectivity index (χ1v) is 2.93. The van der Waals surface area contributed by atoms with Crippen LogP contribution in [0.3, 0.4) is 0 Å². The van der Waals surface area contributed by atoms with Crippen LogP contribution in [0.15, 0.2) is 0 Å². The Morgan fingerprint density at radius 1 is 1.62 bits per heavy atom. The number of rotatable bonds is 2. The van der Waals surface area contributed by atoms with Crippen molar-refractivity contribution in [3.8, 4) is 0 Å². The standard InChI is InChI=1S/C4H12NO2P/c1-4(2,7-3)5(6)8/h5H,8H2,1-3H3. The van der Waals surface area contributed by atoms with Crippen LogP contribution in [-0.4, -0.2) is 12.8 Å². The van der Waals surface area contributed by atoms with Crippen LogP contribution in [0.25, 0.3) is 0 Å². The molecule has 8 heavy (non-hydrogen) atoms. The molecule has 3 nitrogen and oxygen atoms in total. The molecule has 0 saturated carbocycles. The second-order valence-corrected chi connectivity index (χ2v) is 2.60. The number of hydrogen-bond donors (Lipinski definition) is 1. The lowest BCUT2D eigenvalue weighted by Gasteiger charge is -2.32. The summed E-state index contributed by atoms with van der Waals surface area (Å²) in [6.07, 6.45) is 0. The van der Waals surface area contributed by atoms with E-state index in [-0.39, 0.29) is 4.83 Å². The molecule has 50 valence electrons. The van der Waals surface area contributed by atoms with Gasteiger partial charge in [0.2, 0.25) is 0 Å². The van der Waals surface area contributed by atoms with E-state index in [2.05, 4.69) is 9.39 Å². The van der Waals surface area contributed by atoms with E-state index in [0.29, 0.717) is 0 Å². The third kappa shape index (κ3) is 2.05. The highest BCUT2D eigenvalue weighted by Crippen LogP contribution is 1.95. The van der Waals surface area contributed by atoms with Gasteiger partial charge in [-0.2, -0.15) is 0 Å². The first-order valence-electron chi connectivity index (χ1n) is 2.36. The Morgan fingerprint density at radius 2 is 2.00 bits per heavy atom. The minimum atomic E-state index is -0.634. The van der Waals surface area contributed by atoms with Crippen LogP contribution in [0.1, 0.15) is 13.8 Å². The topological polar surface area (TPSA) is 36.7 Å². The molecule has 0 rings (SSSR count). The molecule has 0 aliphatic carbocycles. The van der Waals surface area contributed by atoms with Crippen LogP contribution in [0.2, 0.25) is 0 Å². The van der Waals surface area contributed by atoms with Gasteiger partial charge in [0, 0.05) is 21.0 Å². The van der Waals surface area contributed by atoms with Crippen LogP contribution >= 0.6 is 9.39 Å². The van der Waals surface area contributed by atoms with Crippen molar-refractivity contribution in [1.29, 1.82) is 0 Å². The van der Waals surface area contributed by atoms with Crippen molar-refractivity contribution in [2.24, 2.45) is 0 Å². The second kappa shape index (κ2) is 2.74. The van der Waals surface area contributed by atoms with Crippen molar-refractivity contribution in [2.75, 3.05) is 7.11 Å². The number of hydroxylamine groups is 1. The van der Waals surface area contributed by atoms with Gasteiger partial charge in [-0.15, -0.1) is 0 Å². The van der Waals surface area contributed by atoms with Crippen molar-refractivity contribution in [3.05, 3.63) is 5.21 Å². The molecule has 1 N–H and O–H groups in total. The molecule has 0 bridgehead atoms. The lowest BCUT2D eigenvalue weighted by Crippen LogP contribution is -3.06. The summed E-state index contributed by atoms with van der Waals surface area (Å²) < 4.78 is 4.83. The Bertz CT molecular complexity index is 74.4. The van der Waals surface area contributed by atoms with E-state index in [1.807, 2.05) is 0 Å². The van der Waals surface area contributed by atoms with E-state index < -0.39 is 5.72 Å². The molecule has 0 fully saturated rings. The van der Waals surface area contributed by atoms with Crippen molar-refractivity contribution >= 4 is 9.39 Å². The second-order valence-electron chi connectivity index (χ2n) is 2.08. The third-order valence-electron chi connectivity index (χ3n) is 1.10. The SMILES string of the molecule is COC(C)(C)[NH+]([O-])P. The summed E-state index contributed by atoms with van der Waals surface area (Å²) in [6, 6.07) is 0. The van der Waals surface area contributed by atoms with Gasteiger partial charge >= 0.3 is 0 Å². The first kappa shape index (κ1) is 8.31. The number of methoxy groups -OCH3 is 1. The van der Waals surface area contributed by atoms with Crippen LogP contribution < -0.4 is 4.83 Å². The predicted molar refractivity (Wildman–Crippen MR) is 35.1 cm³/mol. The van der Waals surface area contributed by atoms with Gasteiger partial charge in [-0.3, -0.25) is 0 Å². The monoisotopic (exact) mass is 137 g/mol. The summed E-state index contributed by atoms with van der Waals surface area (Å²) >= 11 is 0. The molecule has 0 aromatic rings. The van der Waals surface area contributed by atoms with Crippen molar-refractivity contribution in [3.63, 3.8) is 0 Å². The van der Waals surface area contributed by atoms with Gasteiger partial charge in [0.05, 0.1) is 9.39 Å². The summed E-state index contributed by atoms with van der Waals surface area (Å²) in [4.78, 5) is -0.0278. The van der Waals surface area contributed by atoms with E-state index in [0.717, 1.165) is 0 Å². The van der Waals surface area contributed by atoms with E-state index in [1.54, 1.807) is 13.8 Å². The zero-order valence-corrected chi connectivity index (χ0v) is 6.55. The van der Waals surface area contributed by atoms with Crippen molar-refractivity contribution in [2.45, 2.75) is 19.6 Å². The van der Waals surface area contributed by atoms with Gasteiger partial charge in [0.15, 0.2) is 5.72 Å². The van der Waals surface area contributed by atoms with E-state index in [9.17, 15) is 5.21 Å². The number of hydrogen-bond acceptors (Lipinski definition) is 2. The summed E-state index contributed by atoms with van der Waals surface area (Å²) in [5.41, 5.74) is -0.634. The van der Waals surface area contributed by atoms with Gasteiger partial charge in [0.1, 0.15) is 0 Å². The Balaban J connectivity index is 3.71. The molecule has 0 radical (unpaired) electrons. The molecule has 0 aliphatic rings. The quantitative estimate of drug-likeness (QED) is 0.317. The largest absolute Gasteiger partial charge is 0.631 e. The Hall–Kier alpha value is 0.310. The fraction of sp³-hybridized carbons (Fsp3) is 1.00. The lowest BCUT2D eigenvalue weighted by atomic mass is 10.3. The van der Waals surface area contributed by atoms with Crippen LogP contribution in [0, 0.1) is 5.21 Å². The number of quaternary nitrogens is 1. The summed E-state index contributed by atoms with van der Waals surface area (Å²) in [7, 11) is 3.60. The highest BCUT2D eigenvalue weighted by molar-refractivity contribution is 7.07. The average molecular weight is 137 g/mol. The molecule has 0 heterocycles. The Morgan fingerprint density at radius 3 is 2.00 bits per heavy atom. The molecule has 0 aromatic carbocycles. The fourth-order valence-corrected chi connectivity index (χ4v) is 0.218. The average Bonchev–Trinajstić information content (AvgIpc) is 1.67. The van der Waals surface area contributed by atoms with Crippen molar-refractivity contribution < 1.29 is 9.57 Å². The lowest BCUT2D eigenvalue weighted by molar-refractivity contribution is -0.802. The molecule has 2 unspecified atom stereocenters. The smallest absolute Gasteiger partial charge is 0.195 e. The van der Waals surface area contributed by atoms with E-state index in [4.69, 9.17) is 4.74 Å². The molecule has 0 aliphatic heterocycles. The highest BCUT2D eigenvalue weighted by atomic mass is 31.0. The van der Waals surface area contributed by atoms with Gasteiger partial charge in [0.25, 0.3) is 0 Å². The maximum absolute atomic E-state index is 10.5. The minimum absolute atomic E-state index is 0.0278. The maximum atomic E-state index is 10.5. The molecule has 0 spiro atoms. The van der Waals surface area contributed by atoms with Gasteiger partial charge < -0.3 is 14.8 Å². The summed E-state index contributed by atoms with van der Waals surface area (Å²) in [6.45, 7) is 3.45. The molecule has 0 amide bonds. The summed E-state index contributed by atoms with van der Waals surface area (Å²) in [5, 5.41) is 10.5. The zero-order chi connectivity index (χ0) is 6.78. The first-order chi connectivity index (χ1) is 3.50. The van der Waals surface area contributed by atoms with Gasteiger partial charge in [-0.25, -0.2) is 0 Å². The molecule has 2 atom stereocenters. The molecule has 0 saturated heterocycles. The molecule has 0 aromatic heterocycles. The molecule has 4 heteroatoms. The number of ether oxygens (including phenoxy) is 1. The van der Waals surface area contributed by atoms with Crippen molar-refractivity contribution in [1.82, 2.24) is 0 Å². The fourth-order valence-electron chi connectivity index (χ4n) is 0.101. The van der Waals surface area contributed by atoms with E-state index in [1.165, 1.54) is 7.11 Å². The third-order valence-corrected chi connectivity index (χ3v) is 1.80. The number of nitrogens with one attached hydrogen (secondary N) is 1. The van der Waals surface area contributed by atoms with Crippen LogP contribution in [0.4, 0.5) is 0 Å². The van der Waals surface area contributed by atoms with Gasteiger partial charge in [-0.05, 0) is 0 Å². The minimum Gasteiger partial charge on any atom is -0.631 e. The highest BCUT2D eigenvalue weighted by Gasteiger charge is 2.19. The normalized spacial score (nSPS) is 16.1. The van der Waals surface area contributed by atoms with Crippen LogP contribution in [0.5, 0.6) is 0 Å². The molecular weight excluding hydrogens is 125 g/mol. The predicted octanol–water partition coefficient (Wildman–Crippen LogP) is -0.458. The van der Waals surface area contributed by atoms with Crippen LogP contribution in [-0.2, 0) is 4.74 Å².